The van der Waals surface area contributed by atoms with Crippen LogP contribution in [0.1, 0.15) is 36.6 Å². The molecule has 3 aromatic rings. The van der Waals surface area contributed by atoms with E-state index in [1.165, 1.54) is 0 Å². The second-order valence-corrected chi connectivity index (χ2v) is 7.76. The van der Waals surface area contributed by atoms with Gasteiger partial charge in [0.05, 0.1) is 12.1 Å². The Morgan fingerprint density at radius 2 is 1.39 bits per heavy atom. The highest BCUT2D eigenvalue weighted by molar-refractivity contribution is 5.67. The lowest BCUT2D eigenvalue weighted by Crippen LogP contribution is -2.43. The third kappa shape index (κ3) is 6.86. The maximum Gasteiger partial charge on any atom is 0.407 e. The van der Waals surface area contributed by atoms with Gasteiger partial charge in [0.1, 0.15) is 19.0 Å². The van der Waals surface area contributed by atoms with E-state index in [9.17, 15) is 9.90 Å². The Labute approximate surface area is 183 Å². The van der Waals surface area contributed by atoms with Crippen molar-refractivity contribution in [3.8, 4) is 5.75 Å². The fourth-order valence-electron chi connectivity index (χ4n) is 3.22. The molecule has 0 saturated carbocycles. The number of carbonyl (C=O) groups excluding carboxylic acids is 1. The smallest absolute Gasteiger partial charge is 0.407 e. The van der Waals surface area contributed by atoms with E-state index in [-0.39, 0.29) is 12.5 Å². The largest absolute Gasteiger partial charge is 0.489 e. The summed E-state index contributed by atoms with van der Waals surface area (Å²) in [5, 5.41) is 13.7. The van der Waals surface area contributed by atoms with Gasteiger partial charge < -0.3 is 19.9 Å². The average molecular weight is 420 g/mol. The minimum Gasteiger partial charge on any atom is -0.489 e. The lowest BCUT2D eigenvalue weighted by molar-refractivity contribution is 0.0862. The van der Waals surface area contributed by atoms with Crippen LogP contribution in [-0.2, 0) is 18.0 Å². The molecule has 0 aliphatic heterocycles. The van der Waals surface area contributed by atoms with Crippen molar-refractivity contribution in [2.45, 2.75) is 39.2 Å². The summed E-state index contributed by atoms with van der Waals surface area (Å²) in [4.78, 5) is 12.3. The zero-order valence-corrected chi connectivity index (χ0v) is 17.9. The molecule has 0 spiro atoms. The van der Waals surface area contributed by atoms with E-state index >= 15 is 0 Å². The summed E-state index contributed by atoms with van der Waals surface area (Å²) >= 11 is 0. The van der Waals surface area contributed by atoms with Gasteiger partial charge in [0.25, 0.3) is 0 Å². The van der Waals surface area contributed by atoms with Crippen molar-refractivity contribution in [2.75, 3.05) is 0 Å². The molecule has 1 amide bonds. The van der Waals surface area contributed by atoms with E-state index in [0.29, 0.717) is 12.2 Å². The maximum atomic E-state index is 12.3. The van der Waals surface area contributed by atoms with Crippen molar-refractivity contribution in [3.63, 3.8) is 0 Å². The number of ether oxygens (including phenoxy) is 2. The normalized spacial score (nSPS) is 12.8. The third-order valence-corrected chi connectivity index (χ3v) is 5.03. The molecule has 0 aliphatic carbocycles. The monoisotopic (exact) mass is 419 g/mol. The fourth-order valence-corrected chi connectivity index (χ4v) is 3.22. The molecular formula is C26H29NO4. The van der Waals surface area contributed by atoms with Gasteiger partial charge in [0, 0.05) is 0 Å². The molecule has 2 atom stereocenters. The van der Waals surface area contributed by atoms with Crippen LogP contribution in [0.2, 0.25) is 0 Å². The topological polar surface area (TPSA) is 67.8 Å². The molecule has 0 fully saturated rings. The summed E-state index contributed by atoms with van der Waals surface area (Å²) in [6.07, 6.45) is -1.42. The van der Waals surface area contributed by atoms with Crippen molar-refractivity contribution in [2.24, 2.45) is 5.92 Å². The van der Waals surface area contributed by atoms with Gasteiger partial charge in [-0.05, 0) is 34.7 Å². The first-order chi connectivity index (χ1) is 15.0. The highest BCUT2D eigenvalue weighted by Gasteiger charge is 2.26. The average Bonchev–Trinajstić information content (AvgIpc) is 2.81. The summed E-state index contributed by atoms with van der Waals surface area (Å²) in [6.45, 7) is 4.55. The first-order valence-electron chi connectivity index (χ1n) is 10.4. The number of alkyl carbamates (subject to hydrolysis) is 1. The second-order valence-electron chi connectivity index (χ2n) is 7.76. The molecule has 5 nitrogen and oxygen atoms in total. The predicted molar refractivity (Wildman–Crippen MR) is 121 cm³/mol. The van der Waals surface area contributed by atoms with Gasteiger partial charge in [-0.1, -0.05) is 86.6 Å². The van der Waals surface area contributed by atoms with Crippen LogP contribution in [0.15, 0.2) is 84.9 Å². The molecule has 2 N–H and O–H groups in total. The Hall–Kier alpha value is -3.31. The summed E-state index contributed by atoms with van der Waals surface area (Å²) in [5.41, 5.74) is 2.70. The number of benzene rings is 3. The Balaban J connectivity index is 1.56. The third-order valence-electron chi connectivity index (χ3n) is 5.03. The number of aliphatic hydroxyl groups is 1. The zero-order valence-electron chi connectivity index (χ0n) is 17.9. The number of carbonyl (C=O) groups is 1. The highest BCUT2D eigenvalue weighted by Crippen LogP contribution is 2.24. The number of rotatable bonds is 9. The van der Waals surface area contributed by atoms with Crippen LogP contribution in [0.25, 0.3) is 0 Å². The van der Waals surface area contributed by atoms with Crippen molar-refractivity contribution < 1.29 is 19.4 Å². The molecule has 0 saturated heterocycles. The number of hydrogen-bond donors (Lipinski definition) is 2. The standard InChI is InChI=1S/C26H29NO4/c1-19(2)24(27-26(29)31-18-21-11-7-4-8-12-21)25(28)22-13-15-23(16-14-22)30-17-20-9-5-3-6-10-20/h3-16,19,24-25,28H,17-18H2,1-2H3,(H,27,29)/t24-,25?/m1/s1. The molecule has 0 radical (unpaired) electrons. The van der Waals surface area contributed by atoms with Gasteiger partial charge in [-0.3, -0.25) is 0 Å². The van der Waals surface area contributed by atoms with Gasteiger partial charge in [-0.2, -0.15) is 0 Å². The Kier molecular flexibility index (Phi) is 8.07. The molecule has 0 aliphatic rings. The van der Waals surface area contributed by atoms with Crippen molar-refractivity contribution >= 4 is 6.09 Å². The molecule has 3 rings (SSSR count). The van der Waals surface area contributed by atoms with Crippen molar-refractivity contribution in [1.82, 2.24) is 5.32 Å². The second kappa shape index (κ2) is 11.2. The molecule has 3 aromatic carbocycles. The van der Waals surface area contributed by atoms with Gasteiger partial charge >= 0.3 is 6.09 Å². The lowest BCUT2D eigenvalue weighted by Gasteiger charge is -2.27. The van der Waals surface area contributed by atoms with Crippen LogP contribution in [-0.4, -0.2) is 17.2 Å². The first-order valence-corrected chi connectivity index (χ1v) is 10.4. The van der Waals surface area contributed by atoms with Crippen LogP contribution < -0.4 is 10.1 Å². The SMILES string of the molecule is CC(C)[C@@H](NC(=O)OCc1ccccc1)C(O)c1ccc(OCc2ccccc2)cc1. The van der Waals surface area contributed by atoms with E-state index in [4.69, 9.17) is 9.47 Å². The Morgan fingerprint density at radius 1 is 0.839 bits per heavy atom. The van der Waals surface area contributed by atoms with Gasteiger partial charge in [0.15, 0.2) is 0 Å². The van der Waals surface area contributed by atoms with Crippen LogP contribution in [0.4, 0.5) is 4.79 Å². The number of aliphatic hydroxyl groups excluding tert-OH is 1. The first kappa shape index (κ1) is 22.4. The van der Waals surface area contributed by atoms with E-state index in [1.807, 2.05) is 98.8 Å². The van der Waals surface area contributed by atoms with Crippen LogP contribution in [0.5, 0.6) is 5.75 Å². The van der Waals surface area contributed by atoms with Crippen LogP contribution >= 0.6 is 0 Å². The predicted octanol–water partition coefficient (Wildman–Crippen LogP) is 5.25. The fraction of sp³-hybridized carbons (Fsp3) is 0.269. The van der Waals surface area contributed by atoms with E-state index in [0.717, 1.165) is 16.9 Å². The van der Waals surface area contributed by atoms with Gasteiger partial charge in [-0.15, -0.1) is 0 Å². The van der Waals surface area contributed by atoms with Crippen LogP contribution in [0.3, 0.4) is 0 Å². The summed E-state index contributed by atoms with van der Waals surface area (Å²) < 4.78 is 11.1. The molecule has 0 heterocycles. The Morgan fingerprint density at radius 3 is 1.94 bits per heavy atom. The molecule has 1 unspecified atom stereocenters. The Bertz CT molecular complexity index is 927. The zero-order chi connectivity index (χ0) is 22.1. The molecular weight excluding hydrogens is 390 g/mol. The summed E-state index contributed by atoms with van der Waals surface area (Å²) in [7, 11) is 0. The molecule has 162 valence electrons. The highest BCUT2D eigenvalue weighted by atomic mass is 16.5. The van der Waals surface area contributed by atoms with Gasteiger partial charge in [0.2, 0.25) is 0 Å². The van der Waals surface area contributed by atoms with Gasteiger partial charge in [-0.25, -0.2) is 4.79 Å². The quantitative estimate of drug-likeness (QED) is 0.497. The number of nitrogens with one attached hydrogen (secondary N) is 1. The summed E-state index contributed by atoms with van der Waals surface area (Å²) in [5.74, 6) is 0.726. The number of amides is 1. The maximum absolute atomic E-state index is 12.3. The molecule has 5 heteroatoms. The minimum absolute atomic E-state index is 0.00767. The minimum atomic E-state index is -0.868. The number of hydrogen-bond acceptors (Lipinski definition) is 4. The van der Waals surface area contributed by atoms with E-state index in [2.05, 4.69) is 5.32 Å². The van der Waals surface area contributed by atoms with E-state index in [1.54, 1.807) is 0 Å². The van der Waals surface area contributed by atoms with E-state index < -0.39 is 18.2 Å². The van der Waals surface area contributed by atoms with Crippen molar-refractivity contribution in [3.05, 3.63) is 102 Å². The molecule has 0 bridgehead atoms. The lowest BCUT2D eigenvalue weighted by atomic mass is 9.93. The molecule has 0 aromatic heterocycles. The van der Waals surface area contributed by atoms with Crippen molar-refractivity contribution in [1.29, 1.82) is 0 Å². The molecule has 31 heavy (non-hydrogen) atoms. The summed E-state index contributed by atoms with van der Waals surface area (Å²) in [6, 6.07) is 26.2. The van der Waals surface area contributed by atoms with Crippen LogP contribution in [0, 0.1) is 5.92 Å².